The van der Waals surface area contributed by atoms with Crippen LogP contribution in [0.15, 0.2) is 0 Å². The first-order chi connectivity index (χ1) is 8.74. The van der Waals surface area contributed by atoms with Crippen LogP contribution in [0.1, 0.15) is 46.0 Å². The molecule has 1 saturated carbocycles. The summed E-state index contributed by atoms with van der Waals surface area (Å²) in [6, 6.07) is 2.08. The molecule has 0 bridgehead atoms. The van der Waals surface area contributed by atoms with E-state index >= 15 is 0 Å². The SMILES string of the molecule is CC(C)N1CCC(NC2CCOC2C2CC2)CC1. The van der Waals surface area contributed by atoms with Crippen LogP contribution in [0, 0.1) is 5.92 Å². The second-order valence-corrected chi connectivity index (χ2v) is 6.64. The van der Waals surface area contributed by atoms with Gasteiger partial charge in [0, 0.05) is 24.7 Å². The van der Waals surface area contributed by atoms with E-state index in [0.29, 0.717) is 18.2 Å². The molecule has 2 heterocycles. The molecule has 2 saturated heterocycles. The van der Waals surface area contributed by atoms with Crippen LogP contribution in [-0.2, 0) is 4.74 Å². The van der Waals surface area contributed by atoms with Gasteiger partial charge in [-0.25, -0.2) is 0 Å². The number of rotatable bonds is 4. The van der Waals surface area contributed by atoms with Crippen LogP contribution in [0.5, 0.6) is 0 Å². The summed E-state index contributed by atoms with van der Waals surface area (Å²) >= 11 is 0. The fourth-order valence-corrected chi connectivity index (χ4v) is 3.56. The van der Waals surface area contributed by atoms with Crippen molar-refractivity contribution in [1.29, 1.82) is 0 Å². The molecular formula is C15H28N2O. The van der Waals surface area contributed by atoms with Gasteiger partial charge in [-0.05, 0) is 65.0 Å². The second-order valence-electron chi connectivity index (χ2n) is 6.64. The Morgan fingerprint density at radius 3 is 2.39 bits per heavy atom. The molecule has 104 valence electrons. The van der Waals surface area contributed by atoms with Gasteiger partial charge in [0.2, 0.25) is 0 Å². The van der Waals surface area contributed by atoms with Crippen LogP contribution in [-0.4, -0.2) is 48.8 Å². The van der Waals surface area contributed by atoms with Gasteiger partial charge >= 0.3 is 0 Å². The van der Waals surface area contributed by atoms with Gasteiger partial charge in [0.05, 0.1) is 6.10 Å². The monoisotopic (exact) mass is 252 g/mol. The zero-order valence-corrected chi connectivity index (χ0v) is 11.9. The minimum atomic E-state index is 0.535. The van der Waals surface area contributed by atoms with Gasteiger partial charge in [-0.1, -0.05) is 0 Å². The zero-order valence-electron chi connectivity index (χ0n) is 11.9. The van der Waals surface area contributed by atoms with Gasteiger partial charge in [0.1, 0.15) is 0 Å². The Bertz CT molecular complexity index is 270. The van der Waals surface area contributed by atoms with Gasteiger partial charge in [-0.2, -0.15) is 0 Å². The van der Waals surface area contributed by atoms with Crippen LogP contribution in [0.25, 0.3) is 0 Å². The van der Waals surface area contributed by atoms with Crippen LogP contribution in [0.3, 0.4) is 0 Å². The molecule has 3 fully saturated rings. The summed E-state index contributed by atoms with van der Waals surface area (Å²) < 4.78 is 5.92. The topological polar surface area (TPSA) is 24.5 Å². The molecule has 0 amide bonds. The maximum absolute atomic E-state index is 5.92. The lowest BCUT2D eigenvalue weighted by Gasteiger charge is -2.36. The van der Waals surface area contributed by atoms with Crippen LogP contribution in [0.4, 0.5) is 0 Å². The summed E-state index contributed by atoms with van der Waals surface area (Å²) in [5, 5.41) is 3.90. The molecule has 1 aliphatic carbocycles. The number of likely N-dealkylation sites (tertiary alicyclic amines) is 1. The first-order valence-corrected chi connectivity index (χ1v) is 7.85. The van der Waals surface area contributed by atoms with Crippen molar-refractivity contribution in [3.05, 3.63) is 0 Å². The summed E-state index contributed by atoms with van der Waals surface area (Å²) in [5.74, 6) is 0.876. The average Bonchev–Trinajstić information content (AvgIpc) is 3.11. The highest BCUT2D eigenvalue weighted by Crippen LogP contribution is 2.39. The molecular weight excluding hydrogens is 224 g/mol. The lowest BCUT2D eigenvalue weighted by Crippen LogP contribution is -2.50. The smallest absolute Gasteiger partial charge is 0.0757 e. The van der Waals surface area contributed by atoms with Crippen molar-refractivity contribution in [1.82, 2.24) is 10.2 Å². The molecule has 2 unspecified atom stereocenters. The highest BCUT2D eigenvalue weighted by atomic mass is 16.5. The van der Waals surface area contributed by atoms with Crippen molar-refractivity contribution in [3.8, 4) is 0 Å². The predicted octanol–water partition coefficient (Wildman–Crippen LogP) is 2.02. The van der Waals surface area contributed by atoms with Crippen LogP contribution in [0.2, 0.25) is 0 Å². The largest absolute Gasteiger partial charge is 0.376 e. The number of nitrogens with zero attached hydrogens (tertiary/aromatic N) is 1. The summed E-state index contributed by atoms with van der Waals surface area (Å²) in [6.07, 6.45) is 7.18. The van der Waals surface area contributed by atoms with E-state index in [1.54, 1.807) is 0 Å². The molecule has 0 aromatic rings. The lowest BCUT2D eigenvalue weighted by atomic mass is 9.99. The molecule has 1 N–H and O–H groups in total. The maximum Gasteiger partial charge on any atom is 0.0757 e. The molecule has 3 aliphatic rings. The molecule has 3 rings (SSSR count). The molecule has 0 radical (unpaired) electrons. The van der Waals surface area contributed by atoms with E-state index in [1.807, 2.05) is 0 Å². The van der Waals surface area contributed by atoms with E-state index < -0.39 is 0 Å². The fourth-order valence-electron chi connectivity index (χ4n) is 3.56. The molecule has 0 spiro atoms. The standard InChI is InChI=1S/C15H28N2O/c1-11(2)17-8-5-13(6-9-17)16-14-7-10-18-15(14)12-3-4-12/h11-16H,3-10H2,1-2H3. The van der Waals surface area contributed by atoms with Crippen molar-refractivity contribution in [2.24, 2.45) is 5.92 Å². The number of piperidine rings is 1. The normalized spacial score (nSPS) is 35.5. The quantitative estimate of drug-likeness (QED) is 0.828. The Balaban J connectivity index is 1.46. The number of hydrogen-bond acceptors (Lipinski definition) is 3. The van der Waals surface area contributed by atoms with E-state index in [0.717, 1.165) is 18.6 Å². The Labute approximate surface area is 111 Å². The van der Waals surface area contributed by atoms with E-state index in [1.165, 1.54) is 45.2 Å². The fraction of sp³-hybridized carbons (Fsp3) is 1.00. The molecule has 3 heteroatoms. The van der Waals surface area contributed by atoms with Gasteiger partial charge in [-0.3, -0.25) is 0 Å². The van der Waals surface area contributed by atoms with Gasteiger partial charge in [-0.15, -0.1) is 0 Å². The molecule has 0 aromatic carbocycles. The van der Waals surface area contributed by atoms with Gasteiger partial charge < -0.3 is 15.0 Å². The van der Waals surface area contributed by atoms with Crippen molar-refractivity contribution in [3.63, 3.8) is 0 Å². The van der Waals surface area contributed by atoms with E-state index in [2.05, 4.69) is 24.1 Å². The molecule has 3 nitrogen and oxygen atoms in total. The van der Waals surface area contributed by atoms with E-state index in [-0.39, 0.29) is 0 Å². The Morgan fingerprint density at radius 2 is 1.78 bits per heavy atom. The Hall–Kier alpha value is -0.120. The minimum Gasteiger partial charge on any atom is -0.376 e. The summed E-state index contributed by atoms with van der Waals surface area (Å²) in [6.45, 7) is 8.11. The third kappa shape index (κ3) is 2.89. The van der Waals surface area contributed by atoms with Crippen LogP contribution >= 0.6 is 0 Å². The van der Waals surface area contributed by atoms with Crippen LogP contribution < -0.4 is 5.32 Å². The van der Waals surface area contributed by atoms with Crippen molar-refractivity contribution < 1.29 is 4.74 Å². The Morgan fingerprint density at radius 1 is 1.06 bits per heavy atom. The predicted molar refractivity (Wildman–Crippen MR) is 73.7 cm³/mol. The summed E-state index contributed by atoms with van der Waals surface area (Å²) in [7, 11) is 0. The molecule has 0 aromatic heterocycles. The number of nitrogens with one attached hydrogen (secondary N) is 1. The first kappa shape index (κ1) is 12.9. The summed E-state index contributed by atoms with van der Waals surface area (Å²) in [4.78, 5) is 2.60. The zero-order chi connectivity index (χ0) is 12.5. The lowest BCUT2D eigenvalue weighted by molar-refractivity contribution is 0.0743. The maximum atomic E-state index is 5.92. The number of ether oxygens (including phenoxy) is 1. The van der Waals surface area contributed by atoms with E-state index in [4.69, 9.17) is 4.74 Å². The molecule has 18 heavy (non-hydrogen) atoms. The first-order valence-electron chi connectivity index (χ1n) is 7.85. The molecule has 2 aliphatic heterocycles. The third-order valence-corrected chi connectivity index (χ3v) is 4.93. The van der Waals surface area contributed by atoms with Crippen molar-refractivity contribution in [2.45, 2.75) is 70.2 Å². The van der Waals surface area contributed by atoms with Gasteiger partial charge in [0.25, 0.3) is 0 Å². The Kier molecular flexibility index (Phi) is 3.92. The van der Waals surface area contributed by atoms with Crippen molar-refractivity contribution in [2.75, 3.05) is 19.7 Å². The van der Waals surface area contributed by atoms with Gasteiger partial charge in [0.15, 0.2) is 0 Å². The van der Waals surface area contributed by atoms with E-state index in [9.17, 15) is 0 Å². The average molecular weight is 252 g/mol. The highest BCUT2D eigenvalue weighted by molar-refractivity contribution is 4.95. The second kappa shape index (κ2) is 5.48. The molecule has 2 atom stereocenters. The summed E-state index contributed by atoms with van der Waals surface area (Å²) in [5.41, 5.74) is 0. The highest BCUT2D eigenvalue weighted by Gasteiger charge is 2.41. The third-order valence-electron chi connectivity index (χ3n) is 4.93. The number of hydrogen-bond donors (Lipinski definition) is 1. The minimum absolute atomic E-state index is 0.535. The van der Waals surface area contributed by atoms with Crippen molar-refractivity contribution >= 4 is 0 Å².